The Morgan fingerprint density at radius 2 is 2.00 bits per heavy atom. The predicted molar refractivity (Wildman–Crippen MR) is 64.0 cm³/mol. The second-order valence-electron chi connectivity index (χ2n) is 4.08. The van der Waals surface area contributed by atoms with Crippen molar-refractivity contribution in [3.63, 3.8) is 0 Å². The summed E-state index contributed by atoms with van der Waals surface area (Å²) in [5.41, 5.74) is 0.967. The summed E-state index contributed by atoms with van der Waals surface area (Å²) in [5.74, 6) is -0.408. The summed E-state index contributed by atoms with van der Waals surface area (Å²) in [5, 5.41) is 0. The number of aryl methyl sites for hydroxylation is 1. The Hall–Kier alpha value is -0.900. The molecule has 1 aliphatic heterocycles. The van der Waals surface area contributed by atoms with Crippen LogP contribution in [0.5, 0.6) is 0 Å². The summed E-state index contributed by atoms with van der Waals surface area (Å²) in [7, 11) is 0. The zero-order valence-electron chi connectivity index (χ0n) is 9.09. The average Bonchev–Trinajstić information content (AvgIpc) is 2.75. The molecule has 0 aliphatic carbocycles. The Morgan fingerprint density at radius 3 is 2.62 bits per heavy atom. The van der Waals surface area contributed by atoms with Gasteiger partial charge in [0.1, 0.15) is 5.82 Å². The summed E-state index contributed by atoms with van der Waals surface area (Å²) in [6.45, 7) is 3.24. The van der Waals surface area contributed by atoms with Crippen LogP contribution in [0.15, 0.2) is 16.6 Å². The number of carbonyl (C=O) groups excluding carboxylic acids is 1. The quantitative estimate of drug-likeness (QED) is 0.776. The van der Waals surface area contributed by atoms with E-state index >= 15 is 0 Å². The van der Waals surface area contributed by atoms with Gasteiger partial charge in [-0.2, -0.15) is 0 Å². The molecular formula is C12H13BrFNO. The number of rotatable bonds is 1. The van der Waals surface area contributed by atoms with E-state index in [1.165, 1.54) is 6.07 Å². The molecule has 16 heavy (non-hydrogen) atoms. The molecule has 4 heteroatoms. The summed E-state index contributed by atoms with van der Waals surface area (Å²) in [6, 6.07) is 2.97. The van der Waals surface area contributed by atoms with E-state index in [2.05, 4.69) is 15.9 Å². The molecule has 1 fully saturated rings. The molecule has 1 aromatic carbocycles. The Morgan fingerprint density at radius 1 is 1.38 bits per heavy atom. The fourth-order valence-corrected chi connectivity index (χ4v) is 2.53. The molecule has 0 saturated carbocycles. The monoisotopic (exact) mass is 285 g/mol. The zero-order valence-corrected chi connectivity index (χ0v) is 10.7. The van der Waals surface area contributed by atoms with Crippen LogP contribution in [0.1, 0.15) is 28.8 Å². The van der Waals surface area contributed by atoms with Gasteiger partial charge in [0.05, 0.1) is 5.56 Å². The Kier molecular flexibility index (Phi) is 3.28. The highest BCUT2D eigenvalue weighted by Gasteiger charge is 2.22. The zero-order chi connectivity index (χ0) is 11.7. The first-order chi connectivity index (χ1) is 7.59. The van der Waals surface area contributed by atoms with Gasteiger partial charge in [-0.3, -0.25) is 4.79 Å². The first kappa shape index (κ1) is 11.6. The molecule has 1 amide bonds. The van der Waals surface area contributed by atoms with E-state index in [0.717, 1.165) is 25.9 Å². The van der Waals surface area contributed by atoms with Gasteiger partial charge in [0.2, 0.25) is 0 Å². The van der Waals surface area contributed by atoms with E-state index in [1.54, 1.807) is 17.9 Å². The summed E-state index contributed by atoms with van der Waals surface area (Å²) in [6.07, 6.45) is 2.08. The molecule has 0 aromatic heterocycles. The number of likely N-dealkylation sites (tertiary alicyclic amines) is 1. The first-order valence-corrected chi connectivity index (χ1v) is 6.14. The van der Waals surface area contributed by atoms with Crippen molar-refractivity contribution < 1.29 is 9.18 Å². The molecule has 1 saturated heterocycles. The van der Waals surface area contributed by atoms with Crippen LogP contribution in [-0.2, 0) is 0 Å². The molecular weight excluding hydrogens is 273 g/mol. The number of nitrogens with zero attached hydrogens (tertiary/aromatic N) is 1. The van der Waals surface area contributed by atoms with E-state index in [1.807, 2.05) is 0 Å². The fraction of sp³-hybridized carbons (Fsp3) is 0.417. The van der Waals surface area contributed by atoms with E-state index in [0.29, 0.717) is 15.6 Å². The van der Waals surface area contributed by atoms with E-state index in [4.69, 9.17) is 0 Å². The molecule has 0 radical (unpaired) electrons. The van der Waals surface area contributed by atoms with Crippen LogP contribution in [-0.4, -0.2) is 23.9 Å². The minimum atomic E-state index is -0.328. The summed E-state index contributed by atoms with van der Waals surface area (Å²) >= 11 is 3.31. The van der Waals surface area contributed by atoms with Gasteiger partial charge in [-0.05, 0) is 53.4 Å². The third-order valence-corrected chi connectivity index (χ3v) is 3.53. The van der Waals surface area contributed by atoms with Crippen LogP contribution in [0.25, 0.3) is 0 Å². The SMILES string of the molecule is Cc1cc(Br)c(C(=O)N2CCCC2)cc1F. The highest BCUT2D eigenvalue weighted by molar-refractivity contribution is 9.10. The van der Waals surface area contributed by atoms with Crippen molar-refractivity contribution in [2.75, 3.05) is 13.1 Å². The number of hydrogen-bond acceptors (Lipinski definition) is 1. The fourth-order valence-electron chi connectivity index (χ4n) is 1.90. The molecule has 0 spiro atoms. The Balaban J connectivity index is 2.32. The standard InChI is InChI=1S/C12H13BrFNO/c1-8-6-10(13)9(7-11(8)14)12(16)15-4-2-3-5-15/h6-7H,2-5H2,1H3. The third kappa shape index (κ3) is 2.12. The normalized spacial score (nSPS) is 15.6. The lowest BCUT2D eigenvalue weighted by Crippen LogP contribution is -2.28. The first-order valence-electron chi connectivity index (χ1n) is 5.34. The van der Waals surface area contributed by atoms with Crippen molar-refractivity contribution in [3.8, 4) is 0 Å². The van der Waals surface area contributed by atoms with Gasteiger partial charge in [0, 0.05) is 17.6 Å². The minimum Gasteiger partial charge on any atom is -0.339 e. The molecule has 0 unspecified atom stereocenters. The maximum Gasteiger partial charge on any atom is 0.255 e. The van der Waals surface area contributed by atoms with Gasteiger partial charge < -0.3 is 4.90 Å². The lowest BCUT2D eigenvalue weighted by molar-refractivity contribution is 0.0791. The molecule has 2 nitrogen and oxygen atoms in total. The van der Waals surface area contributed by atoms with Crippen molar-refractivity contribution >= 4 is 21.8 Å². The molecule has 86 valence electrons. The van der Waals surface area contributed by atoms with Crippen molar-refractivity contribution in [2.24, 2.45) is 0 Å². The number of halogens is 2. The maximum atomic E-state index is 13.4. The van der Waals surface area contributed by atoms with E-state index in [-0.39, 0.29) is 11.7 Å². The van der Waals surface area contributed by atoms with E-state index in [9.17, 15) is 9.18 Å². The Bertz CT molecular complexity index is 427. The molecule has 0 bridgehead atoms. The van der Waals surface area contributed by atoms with Crippen LogP contribution in [0.4, 0.5) is 4.39 Å². The predicted octanol–water partition coefficient (Wildman–Crippen LogP) is 3.13. The van der Waals surface area contributed by atoms with E-state index < -0.39 is 0 Å². The topological polar surface area (TPSA) is 20.3 Å². The second-order valence-corrected chi connectivity index (χ2v) is 4.93. The van der Waals surface area contributed by atoms with Crippen LogP contribution < -0.4 is 0 Å². The van der Waals surface area contributed by atoms with Gasteiger partial charge in [-0.15, -0.1) is 0 Å². The van der Waals surface area contributed by atoms with Gasteiger partial charge in [-0.1, -0.05) is 0 Å². The number of carbonyl (C=O) groups is 1. The van der Waals surface area contributed by atoms with Gasteiger partial charge in [0.15, 0.2) is 0 Å². The number of hydrogen-bond donors (Lipinski definition) is 0. The van der Waals surface area contributed by atoms with Gasteiger partial charge in [0.25, 0.3) is 5.91 Å². The Labute approximate surface area is 103 Å². The lowest BCUT2D eigenvalue weighted by Gasteiger charge is -2.16. The molecule has 0 N–H and O–H groups in total. The molecule has 1 aromatic rings. The van der Waals surface area contributed by atoms with Crippen molar-refractivity contribution in [1.82, 2.24) is 4.90 Å². The molecule has 2 rings (SSSR count). The van der Waals surface area contributed by atoms with Crippen LogP contribution in [0.3, 0.4) is 0 Å². The van der Waals surface area contributed by atoms with Gasteiger partial charge >= 0.3 is 0 Å². The molecule has 0 atom stereocenters. The van der Waals surface area contributed by atoms with Crippen LogP contribution >= 0.6 is 15.9 Å². The molecule has 1 heterocycles. The minimum absolute atomic E-state index is 0.0803. The van der Waals surface area contributed by atoms with Crippen molar-refractivity contribution in [3.05, 3.63) is 33.5 Å². The van der Waals surface area contributed by atoms with Crippen molar-refractivity contribution in [2.45, 2.75) is 19.8 Å². The van der Waals surface area contributed by atoms with Crippen molar-refractivity contribution in [1.29, 1.82) is 0 Å². The highest BCUT2D eigenvalue weighted by atomic mass is 79.9. The lowest BCUT2D eigenvalue weighted by atomic mass is 10.1. The largest absolute Gasteiger partial charge is 0.339 e. The van der Waals surface area contributed by atoms with Crippen LogP contribution in [0.2, 0.25) is 0 Å². The highest BCUT2D eigenvalue weighted by Crippen LogP contribution is 2.23. The average molecular weight is 286 g/mol. The smallest absolute Gasteiger partial charge is 0.255 e. The number of amides is 1. The second kappa shape index (κ2) is 4.53. The van der Waals surface area contributed by atoms with Gasteiger partial charge in [-0.25, -0.2) is 4.39 Å². The number of benzene rings is 1. The maximum absolute atomic E-state index is 13.4. The van der Waals surface area contributed by atoms with Crippen LogP contribution in [0, 0.1) is 12.7 Å². The summed E-state index contributed by atoms with van der Waals surface area (Å²) < 4.78 is 14.1. The summed E-state index contributed by atoms with van der Waals surface area (Å²) in [4.78, 5) is 13.8. The third-order valence-electron chi connectivity index (χ3n) is 2.87. The molecule has 1 aliphatic rings.